The summed E-state index contributed by atoms with van der Waals surface area (Å²) in [5, 5.41) is 5.37. The van der Waals surface area contributed by atoms with Gasteiger partial charge in [-0.15, -0.1) is 0 Å². The molecular formula is C21H30N2. The van der Waals surface area contributed by atoms with Gasteiger partial charge in [0.25, 0.3) is 0 Å². The molecule has 1 saturated carbocycles. The van der Waals surface area contributed by atoms with E-state index in [4.69, 9.17) is 0 Å². The Kier molecular flexibility index (Phi) is 3.96. The SMILES string of the molecule is CCc1ccc2c(c1)c1c(n2C)[C@@H]2CC(C[C@H](CC)C2)NCC1. The Balaban J connectivity index is 1.87. The van der Waals surface area contributed by atoms with Gasteiger partial charge in [-0.25, -0.2) is 0 Å². The second kappa shape index (κ2) is 5.98. The van der Waals surface area contributed by atoms with Crippen LogP contribution in [0.2, 0.25) is 0 Å². The van der Waals surface area contributed by atoms with Crippen molar-refractivity contribution in [1.82, 2.24) is 9.88 Å². The lowest BCUT2D eigenvalue weighted by Crippen LogP contribution is -2.40. The van der Waals surface area contributed by atoms with Crippen LogP contribution < -0.4 is 5.32 Å². The highest BCUT2D eigenvalue weighted by atomic mass is 15.0. The van der Waals surface area contributed by atoms with Gasteiger partial charge < -0.3 is 9.88 Å². The predicted molar refractivity (Wildman–Crippen MR) is 98.2 cm³/mol. The van der Waals surface area contributed by atoms with E-state index in [1.807, 2.05) is 0 Å². The van der Waals surface area contributed by atoms with Crippen LogP contribution >= 0.6 is 0 Å². The smallest absolute Gasteiger partial charge is 0.0483 e. The maximum atomic E-state index is 3.85. The topological polar surface area (TPSA) is 17.0 Å². The molecule has 1 aromatic carbocycles. The van der Waals surface area contributed by atoms with Crippen molar-refractivity contribution in [1.29, 1.82) is 0 Å². The fraction of sp³-hybridized carbons (Fsp3) is 0.619. The molecule has 4 rings (SSSR count). The zero-order valence-electron chi connectivity index (χ0n) is 14.9. The van der Waals surface area contributed by atoms with Crippen molar-refractivity contribution in [3.8, 4) is 0 Å². The van der Waals surface area contributed by atoms with Crippen LogP contribution in [0.25, 0.3) is 10.9 Å². The molecule has 1 unspecified atom stereocenters. The largest absolute Gasteiger partial charge is 0.347 e. The van der Waals surface area contributed by atoms with Crippen LogP contribution in [0.1, 0.15) is 62.3 Å². The van der Waals surface area contributed by atoms with Crippen molar-refractivity contribution in [2.75, 3.05) is 6.54 Å². The van der Waals surface area contributed by atoms with E-state index in [1.54, 1.807) is 11.3 Å². The van der Waals surface area contributed by atoms with Gasteiger partial charge in [0.1, 0.15) is 0 Å². The van der Waals surface area contributed by atoms with Crippen molar-refractivity contribution in [3.05, 3.63) is 35.0 Å². The highest BCUT2D eigenvalue weighted by molar-refractivity contribution is 5.86. The zero-order chi connectivity index (χ0) is 16.0. The second-order valence-electron chi connectivity index (χ2n) is 7.71. The van der Waals surface area contributed by atoms with Gasteiger partial charge in [0.05, 0.1) is 0 Å². The summed E-state index contributed by atoms with van der Waals surface area (Å²) in [5.74, 6) is 1.63. The summed E-state index contributed by atoms with van der Waals surface area (Å²) in [6, 6.07) is 7.85. The highest BCUT2D eigenvalue weighted by Gasteiger charge is 2.33. The minimum Gasteiger partial charge on any atom is -0.347 e. The standard InChI is InChI=1S/C21H30N2/c1-4-14-6-7-20-19(12-14)18-8-9-22-17-11-15(5-2)10-16(13-17)21(18)23(20)3/h6-7,12,15-17,22H,4-5,8-11,13H2,1-3H3/t15-,16+,17?/m1/s1. The number of hydrogen-bond donors (Lipinski definition) is 1. The van der Waals surface area contributed by atoms with E-state index in [0.717, 1.165) is 30.8 Å². The number of aryl methyl sites for hydroxylation is 2. The van der Waals surface area contributed by atoms with Crippen molar-refractivity contribution in [3.63, 3.8) is 0 Å². The maximum absolute atomic E-state index is 3.85. The average molecular weight is 310 g/mol. The molecule has 2 aliphatic rings. The Morgan fingerprint density at radius 2 is 2.04 bits per heavy atom. The molecule has 2 nitrogen and oxygen atoms in total. The van der Waals surface area contributed by atoms with Gasteiger partial charge in [0.15, 0.2) is 0 Å². The fourth-order valence-corrected chi connectivity index (χ4v) is 5.15. The summed E-state index contributed by atoms with van der Waals surface area (Å²) in [6.07, 6.45) is 7.73. The molecule has 1 N–H and O–H groups in total. The van der Waals surface area contributed by atoms with E-state index in [9.17, 15) is 0 Å². The summed E-state index contributed by atoms with van der Waals surface area (Å²) in [5.41, 5.74) is 6.18. The van der Waals surface area contributed by atoms with E-state index in [1.165, 1.54) is 48.6 Å². The van der Waals surface area contributed by atoms with Gasteiger partial charge in [-0.2, -0.15) is 0 Å². The van der Waals surface area contributed by atoms with Crippen LogP contribution in [-0.4, -0.2) is 17.2 Å². The molecule has 2 heteroatoms. The molecule has 124 valence electrons. The summed E-state index contributed by atoms with van der Waals surface area (Å²) in [7, 11) is 2.30. The van der Waals surface area contributed by atoms with Gasteiger partial charge in [-0.1, -0.05) is 26.3 Å². The molecule has 0 saturated heterocycles. The Morgan fingerprint density at radius 3 is 2.83 bits per heavy atom. The molecule has 2 bridgehead atoms. The van der Waals surface area contributed by atoms with E-state index >= 15 is 0 Å². The number of nitrogens with zero attached hydrogens (tertiary/aromatic N) is 1. The van der Waals surface area contributed by atoms with Crippen LogP contribution in [0.15, 0.2) is 18.2 Å². The summed E-state index contributed by atoms with van der Waals surface area (Å²) in [4.78, 5) is 0. The molecular weight excluding hydrogens is 280 g/mol. The minimum atomic E-state index is 0.732. The Bertz CT molecular complexity index is 712. The Morgan fingerprint density at radius 1 is 1.17 bits per heavy atom. The molecule has 0 radical (unpaired) electrons. The van der Waals surface area contributed by atoms with Crippen LogP contribution in [0.4, 0.5) is 0 Å². The minimum absolute atomic E-state index is 0.732. The van der Waals surface area contributed by atoms with E-state index in [-0.39, 0.29) is 0 Å². The van der Waals surface area contributed by atoms with Crippen LogP contribution in [0, 0.1) is 5.92 Å². The second-order valence-corrected chi connectivity index (χ2v) is 7.71. The zero-order valence-corrected chi connectivity index (χ0v) is 14.9. The van der Waals surface area contributed by atoms with Gasteiger partial charge in [0, 0.05) is 35.6 Å². The molecule has 1 aliphatic heterocycles. The normalized spacial score (nSPS) is 27.5. The number of fused-ring (bicyclic) bond motifs is 6. The maximum Gasteiger partial charge on any atom is 0.0483 e. The van der Waals surface area contributed by atoms with Gasteiger partial charge in [0.2, 0.25) is 0 Å². The van der Waals surface area contributed by atoms with E-state index < -0.39 is 0 Å². The van der Waals surface area contributed by atoms with Gasteiger partial charge >= 0.3 is 0 Å². The van der Waals surface area contributed by atoms with Crippen LogP contribution in [-0.2, 0) is 19.9 Å². The monoisotopic (exact) mass is 310 g/mol. The Hall–Kier alpha value is -1.28. The first-order chi connectivity index (χ1) is 11.2. The molecule has 1 aromatic heterocycles. The van der Waals surface area contributed by atoms with Crippen molar-refractivity contribution >= 4 is 10.9 Å². The number of aromatic nitrogens is 1. The number of rotatable bonds is 2. The number of nitrogens with one attached hydrogen (secondary N) is 1. The van der Waals surface area contributed by atoms with E-state index in [0.29, 0.717) is 0 Å². The lowest BCUT2D eigenvalue weighted by molar-refractivity contribution is 0.243. The Labute approximate surface area is 140 Å². The third-order valence-corrected chi connectivity index (χ3v) is 6.40. The average Bonchev–Trinajstić information content (AvgIpc) is 2.85. The predicted octanol–water partition coefficient (Wildman–Crippen LogP) is 4.55. The fourth-order valence-electron chi connectivity index (χ4n) is 5.15. The molecule has 1 fully saturated rings. The third-order valence-electron chi connectivity index (χ3n) is 6.40. The lowest BCUT2D eigenvalue weighted by atomic mass is 9.74. The molecule has 3 atom stereocenters. The van der Waals surface area contributed by atoms with Crippen LogP contribution in [0.5, 0.6) is 0 Å². The first kappa shape index (κ1) is 15.3. The third kappa shape index (κ3) is 2.52. The summed E-state index contributed by atoms with van der Waals surface area (Å²) >= 11 is 0. The number of benzene rings is 1. The molecule has 23 heavy (non-hydrogen) atoms. The van der Waals surface area contributed by atoms with Crippen molar-refractivity contribution in [2.45, 2.75) is 64.3 Å². The first-order valence-electron chi connectivity index (χ1n) is 9.54. The van der Waals surface area contributed by atoms with Crippen LogP contribution in [0.3, 0.4) is 0 Å². The van der Waals surface area contributed by atoms with E-state index in [2.05, 4.69) is 49.0 Å². The molecule has 0 spiro atoms. The molecule has 2 aromatic rings. The summed E-state index contributed by atoms with van der Waals surface area (Å²) < 4.78 is 2.52. The lowest BCUT2D eigenvalue weighted by Gasteiger charge is -2.37. The van der Waals surface area contributed by atoms with Gasteiger partial charge in [-0.3, -0.25) is 0 Å². The van der Waals surface area contributed by atoms with Crippen molar-refractivity contribution < 1.29 is 0 Å². The first-order valence-corrected chi connectivity index (χ1v) is 9.54. The van der Waals surface area contributed by atoms with Crippen molar-refractivity contribution in [2.24, 2.45) is 13.0 Å². The molecule has 0 amide bonds. The molecule has 2 heterocycles. The quantitative estimate of drug-likeness (QED) is 0.861. The number of hydrogen-bond acceptors (Lipinski definition) is 1. The highest BCUT2D eigenvalue weighted by Crippen LogP contribution is 2.42. The molecule has 1 aliphatic carbocycles. The summed E-state index contributed by atoms with van der Waals surface area (Å²) in [6.45, 7) is 5.76. The van der Waals surface area contributed by atoms with Gasteiger partial charge in [-0.05, 0) is 67.8 Å².